The maximum absolute atomic E-state index is 14.7. The summed E-state index contributed by atoms with van der Waals surface area (Å²) < 4.78 is 140. The SMILES string of the molecule is CCC(C(=O)c1ccc(C(C)(C)F)cc1)c1cccc(C(=O)Nc2c(C)cc(C(F)(C(F)(F)F)C(F)(F)F)cc2OC(F)F)c1C. The third kappa shape index (κ3) is 7.15. The molecule has 0 saturated carbocycles. The average Bonchev–Trinajstić information content (AvgIpc) is 2.93. The van der Waals surface area contributed by atoms with Crippen LogP contribution in [0.5, 0.6) is 5.75 Å². The minimum Gasteiger partial charge on any atom is -0.433 e. The van der Waals surface area contributed by atoms with Crippen molar-refractivity contribution in [2.24, 2.45) is 0 Å². The van der Waals surface area contributed by atoms with Gasteiger partial charge in [0.05, 0.1) is 5.69 Å². The molecular formula is C32H29F10NO3. The number of ketones is 1. The first-order chi connectivity index (χ1) is 21.0. The molecule has 4 nitrogen and oxygen atoms in total. The monoisotopic (exact) mass is 665 g/mol. The molecule has 0 aliphatic rings. The summed E-state index contributed by atoms with van der Waals surface area (Å²) in [4.78, 5) is 26.8. The molecule has 3 aromatic rings. The Morgan fingerprint density at radius 3 is 1.87 bits per heavy atom. The van der Waals surface area contributed by atoms with Crippen LogP contribution in [0.4, 0.5) is 49.6 Å². The molecule has 1 atom stereocenters. The molecule has 14 heteroatoms. The highest BCUT2D eigenvalue weighted by Crippen LogP contribution is 2.54. The third-order valence-corrected chi connectivity index (χ3v) is 7.51. The number of Topliss-reactive ketones (excluding diaryl/α,β-unsaturated/α-hetero) is 1. The van der Waals surface area contributed by atoms with E-state index in [1.807, 2.05) is 0 Å². The lowest BCUT2D eigenvalue weighted by Crippen LogP contribution is -2.50. The van der Waals surface area contributed by atoms with Gasteiger partial charge in [-0.15, -0.1) is 0 Å². The van der Waals surface area contributed by atoms with Crippen molar-refractivity contribution in [1.29, 1.82) is 0 Å². The molecule has 3 rings (SSSR count). The Labute approximate surface area is 257 Å². The number of hydrogen-bond donors (Lipinski definition) is 1. The second-order valence-electron chi connectivity index (χ2n) is 11.0. The number of nitrogens with one attached hydrogen (secondary N) is 1. The van der Waals surface area contributed by atoms with Crippen molar-refractivity contribution >= 4 is 17.4 Å². The first-order valence-corrected chi connectivity index (χ1v) is 13.7. The maximum atomic E-state index is 14.7. The van der Waals surface area contributed by atoms with Crippen LogP contribution in [0.2, 0.25) is 0 Å². The number of aryl methyl sites for hydroxylation is 1. The summed E-state index contributed by atoms with van der Waals surface area (Å²) in [5.41, 5.74) is -9.90. The Kier molecular flexibility index (Phi) is 10.2. The van der Waals surface area contributed by atoms with Crippen LogP contribution in [0.3, 0.4) is 0 Å². The molecule has 0 aliphatic heterocycles. The van der Waals surface area contributed by atoms with Gasteiger partial charge >= 0.3 is 24.6 Å². The zero-order valence-electron chi connectivity index (χ0n) is 25.1. The summed E-state index contributed by atoms with van der Waals surface area (Å²) >= 11 is 0. The number of alkyl halides is 10. The van der Waals surface area contributed by atoms with Gasteiger partial charge in [0.15, 0.2) is 5.78 Å². The predicted molar refractivity (Wildman–Crippen MR) is 150 cm³/mol. The van der Waals surface area contributed by atoms with Crippen LogP contribution in [-0.4, -0.2) is 30.7 Å². The van der Waals surface area contributed by atoms with Crippen LogP contribution in [0.15, 0.2) is 54.6 Å². The number of rotatable bonds is 10. The van der Waals surface area contributed by atoms with Gasteiger partial charge in [0.1, 0.15) is 11.4 Å². The summed E-state index contributed by atoms with van der Waals surface area (Å²) in [7, 11) is 0. The predicted octanol–water partition coefficient (Wildman–Crippen LogP) is 10.0. The van der Waals surface area contributed by atoms with E-state index in [0.717, 1.165) is 6.92 Å². The van der Waals surface area contributed by atoms with Crippen molar-refractivity contribution in [2.45, 2.75) is 77.3 Å². The van der Waals surface area contributed by atoms with Gasteiger partial charge in [0.2, 0.25) is 0 Å². The molecule has 3 aromatic carbocycles. The van der Waals surface area contributed by atoms with Crippen molar-refractivity contribution in [3.05, 3.63) is 93.5 Å². The van der Waals surface area contributed by atoms with Gasteiger partial charge in [-0.25, -0.2) is 8.78 Å². The Hall–Kier alpha value is -4.10. The van der Waals surface area contributed by atoms with Crippen LogP contribution < -0.4 is 10.1 Å². The largest absolute Gasteiger partial charge is 0.435 e. The van der Waals surface area contributed by atoms with Gasteiger partial charge in [-0.1, -0.05) is 43.3 Å². The summed E-state index contributed by atoms with van der Waals surface area (Å²) in [5.74, 6) is -3.53. The Bertz CT molecular complexity index is 1580. The summed E-state index contributed by atoms with van der Waals surface area (Å²) in [5, 5.41) is 2.16. The molecule has 1 unspecified atom stereocenters. The van der Waals surface area contributed by atoms with Gasteiger partial charge in [0.25, 0.3) is 5.91 Å². The molecule has 0 heterocycles. The van der Waals surface area contributed by atoms with E-state index in [1.54, 1.807) is 13.0 Å². The molecule has 1 N–H and O–H groups in total. The topological polar surface area (TPSA) is 55.4 Å². The van der Waals surface area contributed by atoms with E-state index >= 15 is 0 Å². The highest BCUT2D eigenvalue weighted by molar-refractivity contribution is 6.07. The second kappa shape index (κ2) is 13.0. The van der Waals surface area contributed by atoms with E-state index in [0.29, 0.717) is 11.1 Å². The van der Waals surface area contributed by atoms with E-state index in [1.165, 1.54) is 57.2 Å². The lowest BCUT2D eigenvalue weighted by molar-refractivity contribution is -0.348. The zero-order chi connectivity index (χ0) is 35.0. The van der Waals surface area contributed by atoms with Crippen LogP contribution in [0, 0.1) is 13.8 Å². The molecular weight excluding hydrogens is 636 g/mol. The van der Waals surface area contributed by atoms with E-state index in [2.05, 4.69) is 10.1 Å². The van der Waals surface area contributed by atoms with Gasteiger partial charge in [-0.3, -0.25) is 9.59 Å². The zero-order valence-corrected chi connectivity index (χ0v) is 25.1. The Balaban J connectivity index is 2.04. The summed E-state index contributed by atoms with van der Waals surface area (Å²) in [6.45, 7) is 2.99. The number of benzene rings is 3. The van der Waals surface area contributed by atoms with E-state index in [9.17, 15) is 53.5 Å². The number of ether oxygens (including phenoxy) is 1. The molecule has 0 radical (unpaired) electrons. The first kappa shape index (κ1) is 36.4. The van der Waals surface area contributed by atoms with Crippen molar-refractivity contribution in [2.75, 3.05) is 5.32 Å². The molecule has 46 heavy (non-hydrogen) atoms. The number of amides is 1. The van der Waals surface area contributed by atoms with Gasteiger partial charge < -0.3 is 10.1 Å². The Morgan fingerprint density at radius 2 is 1.39 bits per heavy atom. The second-order valence-corrected chi connectivity index (χ2v) is 11.0. The fraction of sp³-hybridized carbons (Fsp3) is 0.375. The fourth-order valence-corrected chi connectivity index (χ4v) is 5.03. The highest BCUT2D eigenvalue weighted by Gasteiger charge is 2.73. The smallest absolute Gasteiger partial charge is 0.433 e. The van der Waals surface area contributed by atoms with Crippen molar-refractivity contribution < 1.29 is 58.2 Å². The molecule has 0 bridgehead atoms. The number of anilines is 1. The summed E-state index contributed by atoms with van der Waals surface area (Å²) in [6.07, 6.45) is -12.8. The molecule has 0 aromatic heterocycles. The van der Waals surface area contributed by atoms with Gasteiger partial charge in [-0.05, 0) is 74.6 Å². The van der Waals surface area contributed by atoms with Crippen molar-refractivity contribution in [3.63, 3.8) is 0 Å². The van der Waals surface area contributed by atoms with Gasteiger partial charge in [-0.2, -0.15) is 35.1 Å². The molecule has 0 saturated heterocycles. The molecule has 0 aliphatic carbocycles. The number of carbonyl (C=O) groups excluding carboxylic acids is 2. The summed E-state index contributed by atoms with van der Waals surface area (Å²) in [6, 6.07) is 10.1. The number of halogens is 10. The lowest BCUT2D eigenvalue weighted by atomic mass is 9.84. The molecule has 0 fully saturated rings. The molecule has 250 valence electrons. The first-order valence-electron chi connectivity index (χ1n) is 13.7. The van der Waals surface area contributed by atoms with E-state index in [4.69, 9.17) is 0 Å². The Morgan fingerprint density at radius 1 is 0.826 bits per heavy atom. The van der Waals surface area contributed by atoms with Crippen LogP contribution in [0.1, 0.15) is 81.6 Å². The van der Waals surface area contributed by atoms with Gasteiger partial charge in [0, 0.05) is 22.6 Å². The maximum Gasteiger partial charge on any atom is 0.435 e. The van der Waals surface area contributed by atoms with Crippen LogP contribution >= 0.6 is 0 Å². The number of hydrogen-bond acceptors (Lipinski definition) is 3. The van der Waals surface area contributed by atoms with Crippen LogP contribution in [-0.2, 0) is 11.3 Å². The van der Waals surface area contributed by atoms with E-state index < -0.39 is 64.7 Å². The normalized spacial score (nSPS) is 13.5. The quantitative estimate of drug-likeness (QED) is 0.173. The van der Waals surface area contributed by atoms with E-state index in [-0.39, 0.29) is 41.0 Å². The molecule has 1 amide bonds. The number of carbonyl (C=O) groups is 2. The van der Waals surface area contributed by atoms with Crippen LogP contribution in [0.25, 0.3) is 0 Å². The lowest BCUT2D eigenvalue weighted by Gasteiger charge is -2.31. The minimum atomic E-state index is -6.53. The van der Waals surface area contributed by atoms with Crippen molar-refractivity contribution in [3.8, 4) is 5.75 Å². The minimum absolute atomic E-state index is 0.116. The third-order valence-electron chi connectivity index (χ3n) is 7.51. The average molecular weight is 666 g/mol. The standard InChI is InChI=1S/C32H29F10NO3/c1-6-21(26(44)18-10-12-19(13-11-18)29(4,5)35)22-8-7-9-23(17(22)3)27(45)43-25-16(2)14-20(15-24(25)46-28(33)34)30(36,31(37,38)39)32(40,41)42/h7-15,21,28H,6H2,1-5H3,(H,43,45). The van der Waals surface area contributed by atoms with Crippen molar-refractivity contribution in [1.82, 2.24) is 0 Å². The highest BCUT2D eigenvalue weighted by atomic mass is 19.4. The fourth-order valence-electron chi connectivity index (χ4n) is 5.03. The molecule has 0 spiro atoms.